The molecule has 2 aliphatic carbocycles. The SMILES string of the molecule is O=C(OCC(=O)N(C1CCCCC1)C1CCCCC1)[C@@H]1CN(C(=O)c2ccco2)c2ccccc2O1. The third-order valence-corrected chi connectivity index (χ3v) is 7.58. The number of fused-ring (bicyclic) bond motifs is 1. The first-order valence-corrected chi connectivity index (χ1v) is 13.2. The maximum Gasteiger partial charge on any atom is 0.349 e. The molecule has 1 aromatic heterocycles. The highest BCUT2D eigenvalue weighted by Gasteiger charge is 2.37. The summed E-state index contributed by atoms with van der Waals surface area (Å²) in [5.41, 5.74) is 0.555. The summed E-state index contributed by atoms with van der Waals surface area (Å²) in [6.07, 6.45) is 11.4. The first-order chi connectivity index (χ1) is 17.6. The number of para-hydroxylation sites is 2. The summed E-state index contributed by atoms with van der Waals surface area (Å²) in [6, 6.07) is 10.7. The van der Waals surface area contributed by atoms with Crippen molar-refractivity contribution >= 4 is 23.5 Å². The van der Waals surface area contributed by atoms with Gasteiger partial charge >= 0.3 is 5.97 Å². The number of esters is 1. The zero-order valence-electron chi connectivity index (χ0n) is 20.6. The monoisotopic (exact) mass is 494 g/mol. The van der Waals surface area contributed by atoms with Crippen LogP contribution < -0.4 is 9.64 Å². The molecule has 2 aromatic rings. The number of hydrogen-bond donors (Lipinski definition) is 0. The number of benzene rings is 1. The molecule has 192 valence electrons. The van der Waals surface area contributed by atoms with Crippen molar-refractivity contribution < 1.29 is 28.3 Å². The highest BCUT2D eigenvalue weighted by Crippen LogP contribution is 2.35. The number of ether oxygens (including phenoxy) is 2. The van der Waals surface area contributed by atoms with Crippen LogP contribution in [0.5, 0.6) is 5.75 Å². The van der Waals surface area contributed by atoms with Crippen molar-refractivity contribution in [1.82, 2.24) is 4.90 Å². The summed E-state index contributed by atoms with van der Waals surface area (Å²) < 4.78 is 16.7. The summed E-state index contributed by atoms with van der Waals surface area (Å²) in [7, 11) is 0. The van der Waals surface area contributed by atoms with Gasteiger partial charge in [0.2, 0.25) is 6.10 Å². The number of nitrogens with zero attached hydrogens (tertiary/aromatic N) is 2. The predicted octanol–water partition coefficient (Wildman–Crippen LogP) is 4.72. The van der Waals surface area contributed by atoms with Gasteiger partial charge in [-0.05, 0) is 49.9 Å². The van der Waals surface area contributed by atoms with Crippen LogP contribution in [0.3, 0.4) is 0 Å². The van der Waals surface area contributed by atoms with Gasteiger partial charge in [-0.1, -0.05) is 50.7 Å². The van der Waals surface area contributed by atoms with E-state index < -0.39 is 12.1 Å². The second-order valence-corrected chi connectivity index (χ2v) is 9.96. The van der Waals surface area contributed by atoms with E-state index in [-0.39, 0.29) is 42.8 Å². The van der Waals surface area contributed by atoms with Crippen molar-refractivity contribution in [2.45, 2.75) is 82.4 Å². The third-order valence-electron chi connectivity index (χ3n) is 7.58. The van der Waals surface area contributed by atoms with Gasteiger partial charge in [0, 0.05) is 12.1 Å². The van der Waals surface area contributed by atoms with Gasteiger partial charge in [0.15, 0.2) is 12.4 Å². The van der Waals surface area contributed by atoms with Crippen LogP contribution in [0.2, 0.25) is 0 Å². The molecule has 2 saturated carbocycles. The zero-order chi connectivity index (χ0) is 24.9. The van der Waals surface area contributed by atoms with E-state index in [0.29, 0.717) is 11.4 Å². The summed E-state index contributed by atoms with van der Waals surface area (Å²) in [5, 5.41) is 0. The van der Waals surface area contributed by atoms with Crippen LogP contribution in [0.15, 0.2) is 47.1 Å². The lowest BCUT2D eigenvalue weighted by Gasteiger charge is -2.41. The fourth-order valence-corrected chi connectivity index (χ4v) is 5.81. The van der Waals surface area contributed by atoms with E-state index in [9.17, 15) is 14.4 Å². The lowest BCUT2D eigenvalue weighted by Crippen LogP contribution is -2.51. The van der Waals surface area contributed by atoms with E-state index in [1.165, 1.54) is 24.0 Å². The molecule has 3 aliphatic rings. The number of anilines is 1. The van der Waals surface area contributed by atoms with Gasteiger partial charge in [-0.15, -0.1) is 0 Å². The minimum absolute atomic E-state index is 0.0292. The van der Waals surface area contributed by atoms with Crippen LogP contribution >= 0.6 is 0 Å². The summed E-state index contributed by atoms with van der Waals surface area (Å²) >= 11 is 0. The van der Waals surface area contributed by atoms with Gasteiger partial charge in [-0.3, -0.25) is 14.5 Å². The van der Waals surface area contributed by atoms with Crippen LogP contribution in [0.25, 0.3) is 0 Å². The maximum absolute atomic E-state index is 13.4. The van der Waals surface area contributed by atoms with Gasteiger partial charge in [0.1, 0.15) is 5.75 Å². The van der Waals surface area contributed by atoms with Crippen molar-refractivity contribution in [2.24, 2.45) is 0 Å². The van der Waals surface area contributed by atoms with E-state index in [1.54, 1.807) is 36.4 Å². The lowest BCUT2D eigenvalue weighted by molar-refractivity contribution is -0.160. The molecule has 0 bridgehead atoms. The minimum Gasteiger partial charge on any atom is -0.475 e. The fraction of sp³-hybridized carbons (Fsp3) is 0.536. The van der Waals surface area contributed by atoms with Gasteiger partial charge in [-0.25, -0.2) is 4.79 Å². The molecule has 2 heterocycles. The molecular formula is C28H34N2O6. The quantitative estimate of drug-likeness (QED) is 0.540. The van der Waals surface area contributed by atoms with E-state index in [2.05, 4.69) is 0 Å². The fourth-order valence-electron chi connectivity index (χ4n) is 5.81. The first-order valence-electron chi connectivity index (χ1n) is 13.2. The Kier molecular flexibility index (Phi) is 7.58. The van der Waals surface area contributed by atoms with Crippen LogP contribution in [0, 0.1) is 0 Å². The molecule has 36 heavy (non-hydrogen) atoms. The standard InChI is InChI=1S/C28H34N2O6/c31-26(30(20-10-3-1-4-11-20)21-12-5-2-6-13-21)19-35-28(33)25-18-29(27(32)24-16-9-17-34-24)22-14-7-8-15-23(22)36-25/h7-9,14-17,20-21,25H,1-6,10-13,18-19H2/t25-/m0/s1. The Hall–Kier alpha value is -3.29. The Bertz CT molecular complexity index is 1040. The molecular weight excluding hydrogens is 460 g/mol. The molecule has 0 unspecified atom stereocenters. The second kappa shape index (κ2) is 11.2. The van der Waals surface area contributed by atoms with Crippen molar-refractivity contribution in [1.29, 1.82) is 0 Å². The lowest BCUT2D eigenvalue weighted by atomic mass is 9.88. The average molecular weight is 495 g/mol. The summed E-state index contributed by atoms with van der Waals surface area (Å²) in [4.78, 5) is 43.0. The highest BCUT2D eigenvalue weighted by atomic mass is 16.6. The number of carbonyl (C=O) groups excluding carboxylic acids is 3. The smallest absolute Gasteiger partial charge is 0.349 e. The molecule has 2 amide bonds. The first kappa shape index (κ1) is 24.4. The zero-order valence-corrected chi connectivity index (χ0v) is 20.6. The number of carbonyl (C=O) groups is 3. The molecule has 8 nitrogen and oxygen atoms in total. The van der Waals surface area contributed by atoms with Crippen molar-refractivity contribution in [3.8, 4) is 5.75 Å². The Morgan fingerprint density at radius 1 is 0.889 bits per heavy atom. The van der Waals surface area contributed by atoms with Crippen molar-refractivity contribution in [3.05, 3.63) is 48.4 Å². The van der Waals surface area contributed by atoms with Gasteiger partial charge in [0.25, 0.3) is 11.8 Å². The molecule has 0 spiro atoms. The van der Waals surface area contributed by atoms with Crippen molar-refractivity contribution in [2.75, 3.05) is 18.1 Å². The van der Waals surface area contributed by atoms with Gasteiger partial charge in [0.05, 0.1) is 18.5 Å². The Labute approximate surface area is 211 Å². The average Bonchev–Trinajstić information content (AvgIpc) is 3.47. The molecule has 1 atom stereocenters. The van der Waals surface area contributed by atoms with E-state index in [0.717, 1.165) is 51.4 Å². The largest absolute Gasteiger partial charge is 0.475 e. The number of hydrogen-bond acceptors (Lipinski definition) is 6. The third kappa shape index (κ3) is 5.27. The number of amides is 2. The van der Waals surface area contributed by atoms with Crippen LogP contribution in [0.1, 0.15) is 74.8 Å². The minimum atomic E-state index is -1.04. The highest BCUT2D eigenvalue weighted by molar-refractivity contribution is 6.06. The van der Waals surface area contributed by atoms with Crippen molar-refractivity contribution in [3.63, 3.8) is 0 Å². The molecule has 0 saturated heterocycles. The molecule has 5 rings (SSSR count). The van der Waals surface area contributed by atoms with Crippen LogP contribution in [-0.4, -0.2) is 54.0 Å². The Morgan fingerprint density at radius 3 is 2.19 bits per heavy atom. The molecule has 2 fully saturated rings. The predicted molar refractivity (Wildman–Crippen MR) is 133 cm³/mol. The molecule has 0 N–H and O–H groups in total. The second-order valence-electron chi connectivity index (χ2n) is 9.96. The topological polar surface area (TPSA) is 89.3 Å². The number of furan rings is 1. The Balaban J connectivity index is 1.26. The van der Waals surface area contributed by atoms with Gasteiger partial charge < -0.3 is 18.8 Å². The maximum atomic E-state index is 13.4. The number of rotatable bonds is 6. The van der Waals surface area contributed by atoms with Crippen LogP contribution in [0.4, 0.5) is 5.69 Å². The Morgan fingerprint density at radius 2 is 1.56 bits per heavy atom. The van der Waals surface area contributed by atoms with E-state index in [1.807, 2.05) is 4.90 Å². The summed E-state index contributed by atoms with van der Waals surface area (Å²) in [5.74, 6) is -0.567. The van der Waals surface area contributed by atoms with Gasteiger partial charge in [-0.2, -0.15) is 0 Å². The molecule has 8 heteroatoms. The van der Waals surface area contributed by atoms with Crippen LogP contribution in [-0.2, 0) is 14.3 Å². The summed E-state index contributed by atoms with van der Waals surface area (Å²) in [6.45, 7) is -0.335. The molecule has 1 aliphatic heterocycles. The normalized spacial score (nSPS) is 20.8. The van der Waals surface area contributed by atoms with E-state index >= 15 is 0 Å². The molecule has 1 aromatic carbocycles. The molecule has 0 radical (unpaired) electrons. The van der Waals surface area contributed by atoms with E-state index in [4.69, 9.17) is 13.9 Å².